The minimum atomic E-state index is -0.0980. The molecule has 2 aromatic rings. The van der Waals surface area contributed by atoms with Crippen molar-refractivity contribution in [3.8, 4) is 0 Å². The van der Waals surface area contributed by atoms with Crippen LogP contribution in [-0.2, 0) is 16.2 Å². The molecule has 6 nitrogen and oxygen atoms in total. The lowest BCUT2D eigenvalue weighted by Gasteiger charge is -2.01. The van der Waals surface area contributed by atoms with Gasteiger partial charge >= 0.3 is 0 Å². The smallest absolute Gasteiger partial charge is 0.221 e. The molecule has 1 N–H and O–H groups in total. The van der Waals surface area contributed by atoms with E-state index < -0.39 is 0 Å². The number of nitrogens with one attached hydrogen (secondary N) is 1. The average molecular weight is 287 g/mol. The van der Waals surface area contributed by atoms with Crippen LogP contribution in [0.4, 0.5) is 5.69 Å². The highest BCUT2D eigenvalue weighted by Gasteiger charge is 2.08. The van der Waals surface area contributed by atoms with E-state index in [2.05, 4.69) is 15.6 Å². The molecule has 0 aliphatic heterocycles. The summed E-state index contributed by atoms with van der Waals surface area (Å²) in [5, 5.41) is 10.5. The topological polar surface area (TPSA) is 76.7 Å². The number of benzene rings is 1. The molecular formula is C15H17N3O3. The average Bonchev–Trinajstić information content (AvgIpc) is 2.76. The second-order valence-corrected chi connectivity index (χ2v) is 4.61. The zero-order valence-corrected chi connectivity index (χ0v) is 12.2. The zero-order valence-electron chi connectivity index (χ0n) is 12.2. The van der Waals surface area contributed by atoms with Gasteiger partial charge < -0.3 is 14.7 Å². The number of aromatic nitrogens is 1. The fourth-order valence-electron chi connectivity index (χ4n) is 1.76. The van der Waals surface area contributed by atoms with Crippen molar-refractivity contribution >= 4 is 17.8 Å². The van der Waals surface area contributed by atoms with Crippen molar-refractivity contribution in [2.75, 3.05) is 5.32 Å². The first-order chi connectivity index (χ1) is 10.1. The van der Waals surface area contributed by atoms with Crippen LogP contribution in [0, 0.1) is 13.8 Å². The number of nitrogens with zero attached hydrogens (tertiary/aromatic N) is 2. The quantitative estimate of drug-likeness (QED) is 0.677. The van der Waals surface area contributed by atoms with Gasteiger partial charge in [-0.25, -0.2) is 0 Å². The molecule has 1 aromatic carbocycles. The van der Waals surface area contributed by atoms with Crippen molar-refractivity contribution < 1.29 is 14.2 Å². The SMILES string of the molecule is CC(=O)Nc1ccc(C=NOCc2c(C)noc2C)cc1. The van der Waals surface area contributed by atoms with E-state index in [1.807, 2.05) is 26.0 Å². The lowest BCUT2D eigenvalue weighted by atomic mass is 10.2. The van der Waals surface area contributed by atoms with Gasteiger partial charge in [0.05, 0.1) is 17.5 Å². The van der Waals surface area contributed by atoms with Crippen molar-refractivity contribution in [3.63, 3.8) is 0 Å². The molecule has 21 heavy (non-hydrogen) atoms. The molecule has 0 atom stereocenters. The van der Waals surface area contributed by atoms with E-state index in [0.717, 1.165) is 28.3 Å². The molecule has 0 saturated carbocycles. The summed E-state index contributed by atoms with van der Waals surface area (Å²) < 4.78 is 5.04. The van der Waals surface area contributed by atoms with E-state index in [9.17, 15) is 4.79 Å². The third-order valence-corrected chi connectivity index (χ3v) is 2.90. The molecule has 2 rings (SSSR count). The summed E-state index contributed by atoms with van der Waals surface area (Å²) in [6.45, 7) is 5.49. The standard InChI is InChI=1S/C15H17N3O3/c1-10-15(11(2)21-18-10)9-20-16-8-13-4-6-14(7-5-13)17-12(3)19/h4-8H,9H2,1-3H3,(H,17,19). The summed E-state index contributed by atoms with van der Waals surface area (Å²) in [6.07, 6.45) is 1.61. The fourth-order valence-corrected chi connectivity index (χ4v) is 1.76. The van der Waals surface area contributed by atoms with Crippen LogP contribution in [0.15, 0.2) is 33.9 Å². The predicted molar refractivity (Wildman–Crippen MR) is 79.1 cm³/mol. The number of carbonyl (C=O) groups is 1. The first-order valence-electron chi connectivity index (χ1n) is 6.51. The van der Waals surface area contributed by atoms with Crippen LogP contribution in [0.25, 0.3) is 0 Å². The van der Waals surface area contributed by atoms with Crippen molar-refractivity contribution in [1.29, 1.82) is 0 Å². The van der Waals surface area contributed by atoms with Gasteiger partial charge in [-0.3, -0.25) is 4.79 Å². The molecule has 1 heterocycles. The molecule has 6 heteroatoms. The van der Waals surface area contributed by atoms with E-state index >= 15 is 0 Å². The summed E-state index contributed by atoms with van der Waals surface area (Å²) in [5.74, 6) is 0.640. The normalized spacial score (nSPS) is 10.8. The van der Waals surface area contributed by atoms with Gasteiger partial charge in [0.1, 0.15) is 12.4 Å². The van der Waals surface area contributed by atoms with Crippen LogP contribution in [0.3, 0.4) is 0 Å². The number of amides is 1. The minimum Gasteiger partial charge on any atom is -0.391 e. The molecule has 0 fully saturated rings. The summed E-state index contributed by atoms with van der Waals surface area (Å²) in [6, 6.07) is 7.29. The Hall–Kier alpha value is -2.63. The molecule has 0 aliphatic rings. The number of rotatable bonds is 5. The van der Waals surface area contributed by atoms with Gasteiger partial charge in [0.15, 0.2) is 0 Å². The van der Waals surface area contributed by atoms with E-state index in [0.29, 0.717) is 6.61 Å². The molecule has 110 valence electrons. The number of oxime groups is 1. The third-order valence-electron chi connectivity index (χ3n) is 2.90. The molecule has 0 bridgehead atoms. The monoisotopic (exact) mass is 287 g/mol. The number of hydrogen-bond donors (Lipinski definition) is 1. The van der Waals surface area contributed by atoms with Gasteiger partial charge in [-0.2, -0.15) is 0 Å². The molecule has 0 unspecified atom stereocenters. The molecule has 1 amide bonds. The molecule has 0 aliphatic carbocycles. The largest absolute Gasteiger partial charge is 0.391 e. The van der Waals surface area contributed by atoms with Gasteiger partial charge in [-0.05, 0) is 31.5 Å². The van der Waals surface area contributed by atoms with Crippen LogP contribution >= 0.6 is 0 Å². The Balaban J connectivity index is 1.88. The predicted octanol–water partition coefficient (Wildman–Crippen LogP) is 2.80. The highest BCUT2D eigenvalue weighted by molar-refractivity contribution is 5.89. The van der Waals surface area contributed by atoms with Crippen LogP contribution in [0.2, 0.25) is 0 Å². The summed E-state index contributed by atoms with van der Waals surface area (Å²) in [7, 11) is 0. The maximum Gasteiger partial charge on any atom is 0.221 e. The van der Waals surface area contributed by atoms with Crippen molar-refractivity contribution in [1.82, 2.24) is 5.16 Å². The maximum absolute atomic E-state index is 10.9. The van der Waals surface area contributed by atoms with Crippen molar-refractivity contribution in [3.05, 3.63) is 46.8 Å². The Kier molecular flexibility index (Phi) is 4.71. The van der Waals surface area contributed by atoms with Crippen LogP contribution < -0.4 is 5.32 Å². The number of hydrogen-bond acceptors (Lipinski definition) is 5. The van der Waals surface area contributed by atoms with E-state index in [1.165, 1.54) is 6.92 Å². The number of carbonyl (C=O) groups excluding carboxylic acids is 1. The second-order valence-electron chi connectivity index (χ2n) is 4.61. The van der Waals surface area contributed by atoms with Crippen molar-refractivity contribution in [2.24, 2.45) is 5.16 Å². The van der Waals surface area contributed by atoms with E-state index in [-0.39, 0.29) is 5.91 Å². The lowest BCUT2D eigenvalue weighted by molar-refractivity contribution is -0.114. The summed E-state index contributed by atoms with van der Waals surface area (Å²) in [5.41, 5.74) is 3.34. The first kappa shape index (κ1) is 14.8. The highest BCUT2D eigenvalue weighted by atomic mass is 16.6. The van der Waals surface area contributed by atoms with Gasteiger partial charge in [-0.1, -0.05) is 22.4 Å². The Bertz CT molecular complexity index is 625. The molecule has 0 radical (unpaired) electrons. The molecular weight excluding hydrogens is 270 g/mol. The minimum absolute atomic E-state index is 0.0980. The highest BCUT2D eigenvalue weighted by Crippen LogP contribution is 2.13. The third kappa shape index (κ3) is 4.17. The van der Waals surface area contributed by atoms with Gasteiger partial charge in [-0.15, -0.1) is 0 Å². The Morgan fingerprint density at radius 2 is 2.10 bits per heavy atom. The van der Waals surface area contributed by atoms with Gasteiger partial charge in [0.2, 0.25) is 5.91 Å². The lowest BCUT2D eigenvalue weighted by Crippen LogP contribution is -2.05. The second kappa shape index (κ2) is 6.69. The Labute approximate surface area is 122 Å². The summed E-state index contributed by atoms with van der Waals surface area (Å²) in [4.78, 5) is 16.1. The molecule has 0 saturated heterocycles. The Morgan fingerprint density at radius 3 is 2.67 bits per heavy atom. The van der Waals surface area contributed by atoms with Crippen LogP contribution in [0.5, 0.6) is 0 Å². The number of aryl methyl sites for hydroxylation is 2. The Morgan fingerprint density at radius 1 is 1.38 bits per heavy atom. The molecule has 1 aromatic heterocycles. The first-order valence-corrected chi connectivity index (χ1v) is 6.51. The van der Waals surface area contributed by atoms with Gasteiger partial charge in [0, 0.05) is 12.6 Å². The number of anilines is 1. The zero-order chi connectivity index (χ0) is 15.2. The summed E-state index contributed by atoms with van der Waals surface area (Å²) >= 11 is 0. The fraction of sp³-hybridized carbons (Fsp3) is 0.267. The van der Waals surface area contributed by atoms with Crippen LogP contribution in [-0.4, -0.2) is 17.3 Å². The van der Waals surface area contributed by atoms with E-state index in [1.54, 1.807) is 18.3 Å². The van der Waals surface area contributed by atoms with Crippen molar-refractivity contribution in [2.45, 2.75) is 27.4 Å². The van der Waals surface area contributed by atoms with Gasteiger partial charge in [0.25, 0.3) is 0 Å². The van der Waals surface area contributed by atoms with E-state index in [4.69, 9.17) is 9.36 Å². The van der Waals surface area contributed by atoms with Crippen LogP contribution in [0.1, 0.15) is 29.5 Å². The maximum atomic E-state index is 10.9. The molecule has 0 spiro atoms.